The van der Waals surface area contributed by atoms with Crippen LogP contribution >= 0.6 is 22.6 Å². The Hall–Kier alpha value is -0.410. The lowest BCUT2D eigenvalue weighted by atomic mass is 10.2. The minimum absolute atomic E-state index is 0.0919. The number of aliphatic carboxylic acids is 1. The van der Waals surface area contributed by atoms with Crippen LogP contribution in [0.4, 0.5) is 0 Å². The molecule has 0 rings (SSSR count). The van der Waals surface area contributed by atoms with E-state index in [2.05, 4.69) is 22.6 Å². The molecule has 0 spiro atoms. The molecule has 0 fully saturated rings. The normalized spacial score (nSPS) is 10.7. The quantitative estimate of drug-likeness (QED) is 0.161. The predicted octanol–water partition coefficient (Wildman–Crippen LogP) is 3.20. The fourth-order valence-electron chi connectivity index (χ4n) is 1.81. The number of carbonyl (C=O) groups excluding carboxylic acids is 1. The molecule has 0 aliphatic carbocycles. The van der Waals surface area contributed by atoms with E-state index in [4.69, 9.17) is 19.3 Å². The van der Waals surface area contributed by atoms with Gasteiger partial charge < -0.3 is 19.3 Å². The van der Waals surface area contributed by atoms with Crippen molar-refractivity contribution in [3.63, 3.8) is 0 Å². The van der Waals surface area contributed by atoms with Gasteiger partial charge in [0, 0.05) is 19.4 Å². The van der Waals surface area contributed by atoms with Crippen molar-refractivity contribution in [3.8, 4) is 0 Å². The van der Waals surface area contributed by atoms with Gasteiger partial charge in [-0.25, -0.2) is 0 Å². The molecule has 0 aliphatic heterocycles. The fourth-order valence-corrected chi connectivity index (χ4v) is 2.35. The summed E-state index contributed by atoms with van der Waals surface area (Å²) in [6, 6.07) is 0. The molecule has 1 N–H and O–H groups in total. The maximum absolute atomic E-state index is 11.3. The molecule has 0 heterocycles. The molecule has 0 aromatic carbocycles. The van der Waals surface area contributed by atoms with Gasteiger partial charge in [0.1, 0.15) is 6.61 Å². The average molecular weight is 444 g/mol. The molecule has 0 aromatic heterocycles. The minimum Gasteiger partial charge on any atom is -0.481 e. The second-order valence-corrected chi connectivity index (χ2v) is 6.23. The number of hydrogen-bond acceptors (Lipinski definition) is 5. The molecule has 0 saturated carbocycles. The lowest BCUT2D eigenvalue weighted by Crippen LogP contribution is -2.13. The summed E-state index contributed by atoms with van der Waals surface area (Å²) in [5.74, 6) is -1.14. The van der Waals surface area contributed by atoms with Crippen LogP contribution in [0.3, 0.4) is 0 Å². The van der Waals surface area contributed by atoms with Crippen LogP contribution in [0.5, 0.6) is 0 Å². The number of carbonyl (C=O) groups is 2. The molecule has 0 atom stereocenters. The standard InChI is InChI=1S/C16H29IO6/c17-9-5-1-2-6-10-21-11-12-22-13-14-23-16(20)8-4-3-7-15(18)19/h1-14H2,(H,18,19). The van der Waals surface area contributed by atoms with E-state index >= 15 is 0 Å². The summed E-state index contributed by atoms with van der Waals surface area (Å²) in [4.78, 5) is 21.6. The van der Waals surface area contributed by atoms with Gasteiger partial charge in [-0.2, -0.15) is 0 Å². The van der Waals surface area contributed by atoms with Crippen molar-refractivity contribution < 1.29 is 28.9 Å². The third-order valence-electron chi connectivity index (χ3n) is 3.06. The molecule has 6 nitrogen and oxygen atoms in total. The molecule has 0 radical (unpaired) electrons. The summed E-state index contributed by atoms with van der Waals surface area (Å²) in [5.41, 5.74) is 0. The summed E-state index contributed by atoms with van der Waals surface area (Å²) in [5, 5.41) is 8.46. The fraction of sp³-hybridized carbons (Fsp3) is 0.875. The zero-order valence-corrected chi connectivity index (χ0v) is 15.9. The highest BCUT2D eigenvalue weighted by Crippen LogP contribution is 2.02. The van der Waals surface area contributed by atoms with Crippen molar-refractivity contribution in [2.45, 2.75) is 51.4 Å². The Morgan fingerprint density at radius 1 is 0.739 bits per heavy atom. The monoisotopic (exact) mass is 444 g/mol. The molecule has 0 aliphatic rings. The first-order chi connectivity index (χ1) is 11.2. The van der Waals surface area contributed by atoms with Crippen molar-refractivity contribution in [1.29, 1.82) is 0 Å². The molecule has 23 heavy (non-hydrogen) atoms. The van der Waals surface area contributed by atoms with Crippen LogP contribution in [-0.4, -0.2) is 54.5 Å². The van der Waals surface area contributed by atoms with Gasteiger partial charge in [0.25, 0.3) is 0 Å². The summed E-state index contributed by atoms with van der Waals surface area (Å²) < 4.78 is 16.9. The highest BCUT2D eigenvalue weighted by molar-refractivity contribution is 14.1. The van der Waals surface area contributed by atoms with Gasteiger partial charge in [0.2, 0.25) is 0 Å². The van der Waals surface area contributed by atoms with Gasteiger partial charge in [-0.1, -0.05) is 35.4 Å². The number of carboxylic acids is 1. The van der Waals surface area contributed by atoms with E-state index in [0.717, 1.165) is 13.0 Å². The van der Waals surface area contributed by atoms with Crippen LogP contribution in [0, 0.1) is 0 Å². The van der Waals surface area contributed by atoms with Gasteiger partial charge in [-0.15, -0.1) is 0 Å². The first kappa shape index (κ1) is 22.6. The second-order valence-electron chi connectivity index (χ2n) is 5.15. The van der Waals surface area contributed by atoms with E-state index in [9.17, 15) is 9.59 Å². The maximum Gasteiger partial charge on any atom is 0.305 e. The Labute approximate surface area is 152 Å². The van der Waals surface area contributed by atoms with Crippen molar-refractivity contribution >= 4 is 34.5 Å². The average Bonchev–Trinajstić information content (AvgIpc) is 2.52. The minimum atomic E-state index is -0.838. The first-order valence-electron chi connectivity index (χ1n) is 8.25. The number of alkyl halides is 1. The van der Waals surface area contributed by atoms with E-state index in [1.54, 1.807) is 0 Å². The van der Waals surface area contributed by atoms with E-state index < -0.39 is 5.97 Å². The van der Waals surface area contributed by atoms with Crippen molar-refractivity contribution in [1.82, 2.24) is 0 Å². The molecule has 0 unspecified atom stereocenters. The number of carboxylic acid groups (broad SMARTS) is 1. The van der Waals surface area contributed by atoms with Gasteiger partial charge in [-0.3, -0.25) is 9.59 Å². The Kier molecular flexibility index (Phi) is 17.6. The Bertz CT molecular complexity index is 298. The molecular formula is C16H29IO6. The highest BCUT2D eigenvalue weighted by atomic mass is 127. The lowest BCUT2D eigenvalue weighted by molar-refractivity contribution is -0.146. The topological polar surface area (TPSA) is 82.1 Å². The molecule has 136 valence electrons. The molecular weight excluding hydrogens is 415 g/mol. The van der Waals surface area contributed by atoms with Crippen LogP contribution in [0.1, 0.15) is 51.4 Å². The van der Waals surface area contributed by atoms with Crippen LogP contribution in [0.2, 0.25) is 0 Å². The lowest BCUT2D eigenvalue weighted by Gasteiger charge is -2.07. The zero-order valence-electron chi connectivity index (χ0n) is 13.8. The van der Waals surface area contributed by atoms with Crippen LogP contribution in [0.15, 0.2) is 0 Å². The zero-order chi connectivity index (χ0) is 17.2. The van der Waals surface area contributed by atoms with E-state index in [1.807, 2.05) is 0 Å². The summed E-state index contributed by atoms with van der Waals surface area (Å²) >= 11 is 2.39. The Balaban J connectivity index is 3.14. The van der Waals surface area contributed by atoms with Crippen molar-refractivity contribution in [2.24, 2.45) is 0 Å². The Morgan fingerprint density at radius 3 is 2.04 bits per heavy atom. The number of hydrogen-bond donors (Lipinski definition) is 1. The number of unbranched alkanes of at least 4 members (excludes halogenated alkanes) is 4. The largest absolute Gasteiger partial charge is 0.481 e. The molecule has 7 heteroatoms. The van der Waals surface area contributed by atoms with Crippen molar-refractivity contribution in [2.75, 3.05) is 37.5 Å². The molecule has 0 aromatic rings. The van der Waals surface area contributed by atoms with E-state index in [0.29, 0.717) is 32.7 Å². The number of esters is 1. The summed E-state index contributed by atoms with van der Waals surface area (Å²) in [6.07, 6.45) is 6.24. The highest BCUT2D eigenvalue weighted by Gasteiger charge is 2.04. The molecule has 0 bridgehead atoms. The third-order valence-corrected chi connectivity index (χ3v) is 3.82. The van der Waals surface area contributed by atoms with Crippen LogP contribution in [0.25, 0.3) is 0 Å². The molecule has 0 amide bonds. The molecule has 0 saturated heterocycles. The van der Waals surface area contributed by atoms with E-state index in [1.165, 1.54) is 23.7 Å². The smallest absolute Gasteiger partial charge is 0.305 e. The SMILES string of the molecule is O=C(O)CCCCC(=O)OCCOCCOCCCCCCI. The third kappa shape index (κ3) is 19.5. The maximum atomic E-state index is 11.3. The van der Waals surface area contributed by atoms with Gasteiger partial charge in [0.15, 0.2) is 0 Å². The van der Waals surface area contributed by atoms with Gasteiger partial charge in [0.05, 0.1) is 19.8 Å². The van der Waals surface area contributed by atoms with Crippen LogP contribution in [-0.2, 0) is 23.8 Å². The first-order valence-corrected chi connectivity index (χ1v) is 9.78. The van der Waals surface area contributed by atoms with Crippen molar-refractivity contribution in [3.05, 3.63) is 0 Å². The van der Waals surface area contributed by atoms with E-state index in [-0.39, 0.29) is 25.4 Å². The Morgan fingerprint density at radius 2 is 1.35 bits per heavy atom. The summed E-state index contributed by atoms with van der Waals surface area (Å²) in [6.45, 7) is 2.43. The van der Waals surface area contributed by atoms with Gasteiger partial charge >= 0.3 is 11.9 Å². The van der Waals surface area contributed by atoms with Gasteiger partial charge in [-0.05, 0) is 30.1 Å². The number of halogens is 1. The van der Waals surface area contributed by atoms with Crippen LogP contribution < -0.4 is 0 Å². The predicted molar refractivity (Wildman–Crippen MR) is 96.1 cm³/mol. The summed E-state index contributed by atoms with van der Waals surface area (Å²) in [7, 11) is 0. The number of ether oxygens (including phenoxy) is 3. The second kappa shape index (κ2) is 17.9. The number of rotatable bonds is 17.